The molecular weight excluding hydrogens is 709 g/mol. The molecule has 0 aliphatic heterocycles. The molecule has 58 heavy (non-hydrogen) atoms. The lowest BCUT2D eigenvalue weighted by molar-refractivity contribution is 0.670. The standard InChI is InChI=1S/C53H34N4O/c1-4-15-35(16-5-1)37-29-31-43(32-30-37)57(42-22-8-3-9-23-42)47-34-40-21-12-13-24-44(40)48-45-25-14-26-46(49(45)58-50(47)48)53-55-51(38-18-6-2-7-19-38)54-52(56-53)41-28-27-36-17-10-11-20-39(36)33-41/h1-34H. The second-order valence-electron chi connectivity index (χ2n) is 14.4. The number of aromatic nitrogens is 3. The highest BCUT2D eigenvalue weighted by atomic mass is 16.3. The maximum Gasteiger partial charge on any atom is 0.167 e. The van der Waals surface area contributed by atoms with Crippen molar-refractivity contribution < 1.29 is 4.42 Å². The van der Waals surface area contributed by atoms with Crippen LogP contribution in [0, 0.1) is 0 Å². The van der Waals surface area contributed by atoms with Crippen molar-refractivity contribution in [1.82, 2.24) is 15.0 Å². The van der Waals surface area contributed by atoms with Gasteiger partial charge in [-0.05, 0) is 75.1 Å². The van der Waals surface area contributed by atoms with E-state index in [1.807, 2.05) is 42.5 Å². The predicted octanol–water partition coefficient (Wildman–Crippen LogP) is 14.2. The Hall–Kier alpha value is -7.89. The van der Waals surface area contributed by atoms with Crippen molar-refractivity contribution in [3.8, 4) is 45.3 Å². The van der Waals surface area contributed by atoms with Crippen LogP contribution < -0.4 is 4.90 Å². The second kappa shape index (κ2) is 14.0. The topological polar surface area (TPSA) is 55.1 Å². The zero-order valence-electron chi connectivity index (χ0n) is 31.3. The molecule has 0 amide bonds. The fourth-order valence-electron chi connectivity index (χ4n) is 8.08. The number of furan rings is 1. The first-order valence-corrected chi connectivity index (χ1v) is 19.4. The number of anilines is 3. The van der Waals surface area contributed by atoms with E-state index in [9.17, 15) is 0 Å². The number of hydrogen-bond donors (Lipinski definition) is 0. The highest BCUT2D eigenvalue weighted by Gasteiger charge is 2.24. The Morgan fingerprint density at radius 3 is 1.66 bits per heavy atom. The van der Waals surface area contributed by atoms with Crippen LogP contribution in [-0.2, 0) is 0 Å². The molecule has 0 aliphatic carbocycles. The van der Waals surface area contributed by atoms with Crippen LogP contribution in [0.25, 0.3) is 88.8 Å². The molecule has 2 heterocycles. The van der Waals surface area contributed by atoms with E-state index in [0.29, 0.717) is 17.5 Å². The molecule has 0 saturated heterocycles. The monoisotopic (exact) mass is 742 g/mol. The lowest BCUT2D eigenvalue weighted by Crippen LogP contribution is -2.10. The molecule has 0 fully saturated rings. The van der Waals surface area contributed by atoms with Gasteiger partial charge >= 0.3 is 0 Å². The summed E-state index contributed by atoms with van der Waals surface area (Å²) in [5, 5.41) is 6.55. The first-order valence-electron chi connectivity index (χ1n) is 19.4. The minimum absolute atomic E-state index is 0.545. The third-order valence-electron chi connectivity index (χ3n) is 10.9. The van der Waals surface area contributed by atoms with Crippen molar-refractivity contribution >= 4 is 60.5 Å². The fraction of sp³-hybridized carbons (Fsp3) is 0. The SMILES string of the molecule is c1ccc(-c2ccc(N(c3ccccc3)c3cc4ccccc4c4c3oc3c(-c5nc(-c6ccccc6)nc(-c6ccc7ccccc7c6)n5)cccc34)cc2)cc1. The maximum absolute atomic E-state index is 7.20. The zero-order valence-corrected chi connectivity index (χ0v) is 31.3. The van der Waals surface area contributed by atoms with Crippen LogP contribution in [-0.4, -0.2) is 15.0 Å². The maximum atomic E-state index is 7.20. The minimum Gasteiger partial charge on any atom is -0.453 e. The van der Waals surface area contributed by atoms with Gasteiger partial charge in [0.1, 0.15) is 5.58 Å². The Morgan fingerprint density at radius 1 is 0.345 bits per heavy atom. The Labute approximate surface area is 335 Å². The fourth-order valence-corrected chi connectivity index (χ4v) is 8.08. The molecule has 0 radical (unpaired) electrons. The van der Waals surface area contributed by atoms with E-state index in [4.69, 9.17) is 19.4 Å². The van der Waals surface area contributed by atoms with E-state index in [2.05, 4.69) is 169 Å². The Kier molecular flexibility index (Phi) is 8.07. The Morgan fingerprint density at radius 2 is 0.897 bits per heavy atom. The first kappa shape index (κ1) is 33.4. The predicted molar refractivity (Wildman–Crippen MR) is 239 cm³/mol. The molecule has 0 atom stereocenters. The van der Waals surface area contributed by atoms with Crippen LogP contribution in [0.3, 0.4) is 0 Å². The van der Waals surface area contributed by atoms with E-state index < -0.39 is 0 Å². The van der Waals surface area contributed by atoms with Crippen molar-refractivity contribution in [2.45, 2.75) is 0 Å². The highest BCUT2D eigenvalue weighted by Crippen LogP contribution is 2.47. The average Bonchev–Trinajstić information content (AvgIpc) is 3.71. The van der Waals surface area contributed by atoms with E-state index in [1.165, 1.54) is 5.56 Å². The van der Waals surface area contributed by atoms with Crippen LogP contribution in [0.2, 0.25) is 0 Å². The summed E-state index contributed by atoms with van der Waals surface area (Å²) in [5.41, 5.74) is 9.44. The van der Waals surface area contributed by atoms with Crippen LogP contribution in [0.5, 0.6) is 0 Å². The number of fused-ring (bicyclic) bond motifs is 6. The molecule has 9 aromatic carbocycles. The summed E-state index contributed by atoms with van der Waals surface area (Å²) in [6.07, 6.45) is 0. The Balaban J connectivity index is 1.15. The lowest BCUT2D eigenvalue weighted by Gasteiger charge is -2.26. The summed E-state index contributed by atoms with van der Waals surface area (Å²) in [4.78, 5) is 17.7. The number of para-hydroxylation sites is 2. The van der Waals surface area contributed by atoms with E-state index in [1.54, 1.807) is 0 Å². The first-order chi connectivity index (χ1) is 28.7. The summed E-state index contributed by atoms with van der Waals surface area (Å²) in [5.74, 6) is 1.74. The number of benzene rings is 9. The molecule has 5 heteroatoms. The summed E-state index contributed by atoms with van der Waals surface area (Å²) in [6, 6.07) is 71.6. The van der Waals surface area contributed by atoms with Gasteiger partial charge in [-0.1, -0.05) is 164 Å². The lowest BCUT2D eigenvalue weighted by atomic mass is 10.00. The summed E-state index contributed by atoms with van der Waals surface area (Å²) in [7, 11) is 0. The molecule has 0 saturated carbocycles. The van der Waals surface area contributed by atoms with Gasteiger partial charge in [-0.3, -0.25) is 0 Å². The van der Waals surface area contributed by atoms with Crippen LogP contribution >= 0.6 is 0 Å². The molecule has 5 nitrogen and oxygen atoms in total. The molecule has 11 rings (SSSR count). The minimum atomic E-state index is 0.545. The average molecular weight is 743 g/mol. The van der Waals surface area contributed by atoms with Gasteiger partial charge in [0, 0.05) is 33.3 Å². The molecule has 11 aromatic rings. The number of nitrogens with zero attached hydrogens (tertiary/aromatic N) is 4. The number of rotatable bonds is 7. The quantitative estimate of drug-likeness (QED) is 0.163. The van der Waals surface area contributed by atoms with E-state index in [-0.39, 0.29) is 0 Å². The van der Waals surface area contributed by atoms with Gasteiger partial charge < -0.3 is 9.32 Å². The van der Waals surface area contributed by atoms with Crippen molar-refractivity contribution in [1.29, 1.82) is 0 Å². The van der Waals surface area contributed by atoms with Gasteiger partial charge in [-0.15, -0.1) is 0 Å². The normalized spacial score (nSPS) is 11.4. The van der Waals surface area contributed by atoms with Crippen LogP contribution in [0.1, 0.15) is 0 Å². The van der Waals surface area contributed by atoms with Crippen LogP contribution in [0.4, 0.5) is 17.1 Å². The molecule has 272 valence electrons. The summed E-state index contributed by atoms with van der Waals surface area (Å²) in [6.45, 7) is 0. The molecule has 0 aliphatic rings. The smallest absolute Gasteiger partial charge is 0.167 e. The number of hydrogen-bond acceptors (Lipinski definition) is 5. The van der Waals surface area contributed by atoms with Gasteiger partial charge in [0.2, 0.25) is 0 Å². The van der Waals surface area contributed by atoms with Gasteiger partial charge in [-0.2, -0.15) is 0 Å². The zero-order chi connectivity index (χ0) is 38.4. The summed E-state index contributed by atoms with van der Waals surface area (Å²) < 4.78 is 7.20. The molecule has 0 spiro atoms. The largest absolute Gasteiger partial charge is 0.453 e. The third-order valence-corrected chi connectivity index (χ3v) is 10.9. The van der Waals surface area contributed by atoms with Crippen molar-refractivity contribution in [3.63, 3.8) is 0 Å². The van der Waals surface area contributed by atoms with Crippen molar-refractivity contribution in [2.75, 3.05) is 4.90 Å². The molecule has 0 unspecified atom stereocenters. The second-order valence-corrected chi connectivity index (χ2v) is 14.4. The molecule has 2 aromatic heterocycles. The third kappa shape index (κ3) is 5.85. The van der Waals surface area contributed by atoms with E-state index >= 15 is 0 Å². The van der Waals surface area contributed by atoms with Gasteiger partial charge in [0.15, 0.2) is 23.1 Å². The highest BCUT2D eigenvalue weighted by molar-refractivity contribution is 6.24. The Bertz CT molecular complexity index is 3270. The van der Waals surface area contributed by atoms with Gasteiger partial charge in [0.25, 0.3) is 0 Å². The molecular formula is C53H34N4O. The van der Waals surface area contributed by atoms with Crippen molar-refractivity contribution in [2.24, 2.45) is 0 Å². The van der Waals surface area contributed by atoms with E-state index in [0.717, 1.165) is 82.8 Å². The molecule has 0 bridgehead atoms. The van der Waals surface area contributed by atoms with Gasteiger partial charge in [-0.25, -0.2) is 15.0 Å². The molecule has 0 N–H and O–H groups in total. The van der Waals surface area contributed by atoms with Crippen LogP contribution in [0.15, 0.2) is 211 Å². The van der Waals surface area contributed by atoms with Gasteiger partial charge in [0.05, 0.1) is 11.3 Å². The van der Waals surface area contributed by atoms with Crippen molar-refractivity contribution in [3.05, 3.63) is 206 Å². The summed E-state index contributed by atoms with van der Waals surface area (Å²) >= 11 is 0.